The first-order valence-electron chi connectivity index (χ1n) is 17.6. The number of carbonyl (C=O) groups excluding carboxylic acids is 4. The second-order valence-corrected chi connectivity index (χ2v) is 16.9. The molecule has 5 atom stereocenters. The summed E-state index contributed by atoms with van der Waals surface area (Å²) in [7, 11) is 0.607. The summed E-state index contributed by atoms with van der Waals surface area (Å²) < 4.78 is 31.5. The summed E-state index contributed by atoms with van der Waals surface area (Å²) in [6.45, 7) is 17.3. The average Bonchev–Trinajstić information content (AvgIpc) is 3.62. The molecule has 2 bridgehead atoms. The molecule has 1 aliphatic heterocycles. The van der Waals surface area contributed by atoms with Gasteiger partial charge in [-0.15, -0.1) is 0 Å². The second-order valence-electron chi connectivity index (χ2n) is 16.9. The summed E-state index contributed by atoms with van der Waals surface area (Å²) in [5.41, 5.74) is -0.851. The van der Waals surface area contributed by atoms with Gasteiger partial charge in [0.05, 0.1) is 24.8 Å². The molecule has 3 aliphatic carbocycles. The van der Waals surface area contributed by atoms with Crippen molar-refractivity contribution >= 4 is 41.6 Å². The van der Waals surface area contributed by atoms with Crippen LogP contribution in [-0.4, -0.2) is 71.4 Å². The summed E-state index contributed by atoms with van der Waals surface area (Å²) in [6, 6.07) is 9.99. The predicted octanol–water partition coefficient (Wildman–Crippen LogP) is 6.57. The molecule has 1 amide bonds. The smallest absolute Gasteiger partial charge is 0.482 e. The van der Waals surface area contributed by atoms with Crippen LogP contribution in [0.1, 0.15) is 101 Å². The van der Waals surface area contributed by atoms with Crippen LogP contribution in [0.25, 0.3) is 10.8 Å². The predicted molar refractivity (Wildman–Crippen MR) is 192 cm³/mol. The fourth-order valence-electron chi connectivity index (χ4n) is 8.07. The highest BCUT2D eigenvalue weighted by Crippen LogP contribution is 2.65. The largest absolute Gasteiger partial charge is 0.496 e. The zero-order valence-electron chi connectivity index (χ0n) is 31.2. The molecule has 3 saturated carbocycles. The highest BCUT2D eigenvalue weighted by atomic mass is 16.7. The van der Waals surface area contributed by atoms with Crippen LogP contribution >= 0.6 is 0 Å². The zero-order chi connectivity index (χ0) is 37.3. The maximum absolute atomic E-state index is 13.8. The van der Waals surface area contributed by atoms with E-state index in [9.17, 15) is 19.2 Å². The number of carbonyl (C=O) groups is 4. The molecular weight excluding hydrogens is 651 g/mol. The molecule has 11 nitrogen and oxygen atoms in total. The maximum Gasteiger partial charge on any atom is 0.482 e. The Kier molecular flexibility index (Phi) is 9.20. The Hall–Kier alpha value is -4.16. The third-order valence-corrected chi connectivity index (χ3v) is 10.7. The van der Waals surface area contributed by atoms with E-state index in [1.807, 2.05) is 0 Å². The maximum atomic E-state index is 13.8. The monoisotopic (exact) mass is 700 g/mol. The highest BCUT2D eigenvalue weighted by molar-refractivity contribution is 6.50. The summed E-state index contributed by atoms with van der Waals surface area (Å²) in [6.07, 6.45) is 4.51. The molecule has 12 heteroatoms. The van der Waals surface area contributed by atoms with Crippen LogP contribution in [0.3, 0.4) is 0 Å². The van der Waals surface area contributed by atoms with Gasteiger partial charge in [-0.2, -0.15) is 0 Å². The number of nitrogens with zero attached hydrogens (tertiary/aromatic N) is 1. The third kappa shape index (κ3) is 7.05. The lowest BCUT2D eigenvalue weighted by Crippen LogP contribution is -2.65. The summed E-state index contributed by atoms with van der Waals surface area (Å²) in [5.74, 6) is -1.85. The van der Waals surface area contributed by atoms with Crippen LogP contribution in [0.2, 0.25) is 0 Å². The number of rotatable bonds is 8. The first kappa shape index (κ1) is 36.6. The molecule has 1 N–H and O–H groups in total. The third-order valence-electron chi connectivity index (χ3n) is 10.7. The Morgan fingerprint density at radius 1 is 0.961 bits per heavy atom. The number of fused-ring (bicyclic) bond motifs is 1. The lowest BCUT2D eigenvalue weighted by atomic mass is 9.43. The van der Waals surface area contributed by atoms with Gasteiger partial charge in [0, 0.05) is 28.7 Å². The summed E-state index contributed by atoms with van der Waals surface area (Å²) in [4.78, 5) is 53.3. The van der Waals surface area contributed by atoms with Gasteiger partial charge in [0.1, 0.15) is 22.5 Å². The summed E-state index contributed by atoms with van der Waals surface area (Å²) >= 11 is 0. The van der Waals surface area contributed by atoms with Crippen LogP contribution in [0.5, 0.6) is 5.75 Å². The minimum Gasteiger partial charge on any atom is -0.496 e. The SMILES string of the molecule is COc1c(CC(NC(=O)C(=O)c2ccc3cn(C(=O)OC(C)(C)C)cc3c2)B2OC3C[C@H]4C[C@@H](C4(C)C)[C@]3(C)O2)cccc1C(=O)OC(C)(C)C. The number of ketones is 1. The number of amides is 1. The zero-order valence-corrected chi connectivity index (χ0v) is 31.2. The van der Waals surface area contributed by atoms with Crippen molar-refractivity contribution in [2.24, 2.45) is 17.3 Å². The molecule has 7 rings (SSSR count). The molecule has 4 aliphatic rings. The Bertz CT molecular complexity index is 1890. The Balaban J connectivity index is 1.28. The van der Waals surface area contributed by atoms with Crippen LogP contribution in [0, 0.1) is 17.3 Å². The van der Waals surface area contributed by atoms with Crippen molar-refractivity contribution in [1.29, 1.82) is 0 Å². The van der Waals surface area contributed by atoms with E-state index in [4.69, 9.17) is 23.5 Å². The molecule has 1 aromatic heterocycles. The number of nitrogens with one attached hydrogen (secondary N) is 1. The molecule has 3 aromatic rings. The number of hydrogen-bond donors (Lipinski definition) is 1. The van der Waals surface area contributed by atoms with E-state index in [2.05, 4.69) is 26.1 Å². The quantitative estimate of drug-likeness (QED) is 0.120. The van der Waals surface area contributed by atoms with E-state index in [1.54, 1.807) is 90.3 Å². The van der Waals surface area contributed by atoms with Gasteiger partial charge < -0.3 is 28.8 Å². The fourth-order valence-corrected chi connectivity index (χ4v) is 8.07. The van der Waals surface area contributed by atoms with Crippen LogP contribution < -0.4 is 10.1 Å². The minimum absolute atomic E-state index is 0.101. The van der Waals surface area contributed by atoms with Gasteiger partial charge in [0.15, 0.2) is 0 Å². The number of aromatic nitrogens is 1. The van der Waals surface area contributed by atoms with Crippen LogP contribution in [0.15, 0.2) is 48.8 Å². The van der Waals surface area contributed by atoms with Crippen LogP contribution in [0.4, 0.5) is 4.79 Å². The van der Waals surface area contributed by atoms with Gasteiger partial charge in [0.2, 0.25) is 5.78 Å². The summed E-state index contributed by atoms with van der Waals surface area (Å²) in [5, 5.41) is 4.23. The van der Waals surface area contributed by atoms with E-state index in [1.165, 1.54) is 11.7 Å². The molecule has 2 unspecified atom stereocenters. The molecule has 1 saturated heterocycles. The van der Waals surface area contributed by atoms with E-state index < -0.39 is 53.6 Å². The van der Waals surface area contributed by atoms with E-state index in [0.29, 0.717) is 28.0 Å². The van der Waals surface area contributed by atoms with Crippen molar-refractivity contribution in [3.8, 4) is 5.75 Å². The minimum atomic E-state index is -0.868. The molecule has 4 fully saturated rings. The highest BCUT2D eigenvalue weighted by Gasteiger charge is 2.68. The molecular formula is C39H49BN2O9. The van der Waals surface area contributed by atoms with Crippen molar-refractivity contribution in [2.75, 3.05) is 7.11 Å². The Morgan fingerprint density at radius 3 is 2.29 bits per heavy atom. The Morgan fingerprint density at radius 2 is 1.65 bits per heavy atom. The standard InChI is InChI=1S/C39H49BN2O9/c1-36(2,3)48-34(45)27-13-11-12-23(32(27)47-10)17-30(40-50-29-19-26-18-28(38(26,7)8)39(29,9)51-40)41-33(44)31(43)22-14-15-24-20-42(21-25(24)16-22)35(46)49-37(4,5)6/h11-16,20-21,26,28-30H,17-19H2,1-10H3,(H,41,44)/t26-,28+,29?,30?,39+/m1/s1. The number of benzene rings is 2. The van der Waals surface area contributed by atoms with Gasteiger partial charge in [-0.05, 0) is 103 Å². The fraction of sp³-hybridized carbons (Fsp3) is 0.538. The first-order valence-corrected chi connectivity index (χ1v) is 17.6. The first-order chi connectivity index (χ1) is 23.7. The Labute approximate surface area is 299 Å². The normalized spacial score (nSPS) is 24.3. The van der Waals surface area contributed by atoms with E-state index >= 15 is 0 Å². The molecule has 51 heavy (non-hydrogen) atoms. The molecule has 272 valence electrons. The van der Waals surface area contributed by atoms with Gasteiger partial charge in [-0.25, -0.2) is 9.59 Å². The molecule has 2 aromatic carbocycles. The van der Waals surface area contributed by atoms with Gasteiger partial charge >= 0.3 is 19.2 Å². The van der Waals surface area contributed by atoms with Crippen molar-refractivity contribution in [3.05, 3.63) is 65.5 Å². The van der Waals surface area contributed by atoms with E-state index in [0.717, 1.165) is 12.8 Å². The van der Waals surface area contributed by atoms with Crippen molar-refractivity contribution in [2.45, 2.75) is 110 Å². The van der Waals surface area contributed by atoms with Gasteiger partial charge in [0.25, 0.3) is 5.91 Å². The van der Waals surface area contributed by atoms with Gasteiger partial charge in [-0.1, -0.05) is 38.1 Å². The lowest BCUT2D eigenvalue weighted by molar-refractivity contribution is -0.199. The lowest BCUT2D eigenvalue weighted by Gasteiger charge is -2.64. The van der Waals surface area contributed by atoms with E-state index in [-0.39, 0.29) is 35.0 Å². The van der Waals surface area contributed by atoms with Crippen molar-refractivity contribution in [3.63, 3.8) is 0 Å². The number of para-hydroxylation sites is 1. The number of Topliss-reactive ketones (excluding diaryl/α,β-unsaturated/α-hetero) is 1. The van der Waals surface area contributed by atoms with Gasteiger partial charge in [-0.3, -0.25) is 14.2 Å². The topological polar surface area (TPSA) is 131 Å². The number of hydrogen-bond acceptors (Lipinski definition) is 9. The molecule has 0 spiro atoms. The molecule has 0 radical (unpaired) electrons. The number of esters is 1. The van der Waals surface area contributed by atoms with Crippen molar-refractivity contribution in [1.82, 2.24) is 9.88 Å². The average molecular weight is 701 g/mol. The van der Waals surface area contributed by atoms with Crippen molar-refractivity contribution < 1.29 is 42.7 Å². The number of methoxy groups -OCH3 is 1. The van der Waals surface area contributed by atoms with Crippen LogP contribution in [-0.2, 0) is 30.0 Å². The second kappa shape index (κ2) is 12.8. The molecule has 2 heterocycles. The number of ether oxygens (including phenoxy) is 3.